The van der Waals surface area contributed by atoms with E-state index in [2.05, 4.69) is 4.98 Å². The molecule has 1 unspecified atom stereocenters. The predicted molar refractivity (Wildman–Crippen MR) is 103 cm³/mol. The maximum Gasteiger partial charge on any atom is 0.248 e. The van der Waals surface area contributed by atoms with E-state index in [1.54, 1.807) is 16.0 Å². The summed E-state index contributed by atoms with van der Waals surface area (Å²) in [6.45, 7) is 1.48. The third-order valence-corrected chi connectivity index (χ3v) is 5.95. The number of piperidine rings is 1. The van der Waals surface area contributed by atoms with Gasteiger partial charge in [0.25, 0.3) is 0 Å². The number of pyridine rings is 1. The summed E-state index contributed by atoms with van der Waals surface area (Å²) >= 11 is 0. The van der Waals surface area contributed by atoms with E-state index in [0.717, 1.165) is 24.6 Å². The molecule has 1 aromatic heterocycles. The number of aromatic nitrogens is 1. The van der Waals surface area contributed by atoms with Crippen molar-refractivity contribution < 1.29 is 18.4 Å². The van der Waals surface area contributed by atoms with Gasteiger partial charge in [0, 0.05) is 24.8 Å². The zero-order valence-electron chi connectivity index (χ0n) is 16.1. The van der Waals surface area contributed by atoms with E-state index in [0.29, 0.717) is 32.5 Å². The second kappa shape index (κ2) is 7.89. The quantitative estimate of drug-likeness (QED) is 0.794. The van der Waals surface area contributed by atoms with Crippen molar-refractivity contribution in [1.82, 2.24) is 14.8 Å². The van der Waals surface area contributed by atoms with E-state index in [4.69, 9.17) is 0 Å². The number of rotatable bonds is 4. The summed E-state index contributed by atoms with van der Waals surface area (Å²) in [5.74, 6) is -2.37. The first-order valence-electron chi connectivity index (χ1n) is 9.94. The molecule has 2 amide bonds. The lowest BCUT2D eigenvalue weighted by Gasteiger charge is -2.44. The highest BCUT2D eigenvalue weighted by Crippen LogP contribution is 2.39. The molecule has 0 N–H and O–H groups in total. The number of benzene rings is 1. The Bertz CT molecular complexity index is 922. The van der Waals surface area contributed by atoms with Crippen LogP contribution in [0.3, 0.4) is 0 Å². The minimum absolute atomic E-state index is 0.0191. The van der Waals surface area contributed by atoms with Crippen LogP contribution in [0.25, 0.3) is 0 Å². The highest BCUT2D eigenvalue weighted by atomic mass is 19.2. The van der Waals surface area contributed by atoms with Crippen molar-refractivity contribution in [2.45, 2.75) is 44.2 Å². The molecule has 5 nitrogen and oxygen atoms in total. The van der Waals surface area contributed by atoms with Crippen LogP contribution < -0.4 is 0 Å². The van der Waals surface area contributed by atoms with Gasteiger partial charge >= 0.3 is 0 Å². The van der Waals surface area contributed by atoms with E-state index < -0.39 is 17.2 Å². The molecule has 0 saturated carbocycles. The summed E-state index contributed by atoms with van der Waals surface area (Å²) in [7, 11) is 0. The van der Waals surface area contributed by atoms with Gasteiger partial charge in [0.05, 0.1) is 18.7 Å². The lowest BCUT2D eigenvalue weighted by molar-refractivity contribution is -0.155. The van der Waals surface area contributed by atoms with Crippen LogP contribution in [-0.4, -0.2) is 45.2 Å². The van der Waals surface area contributed by atoms with Gasteiger partial charge < -0.3 is 9.80 Å². The number of hydrogen-bond donors (Lipinski definition) is 0. The Morgan fingerprint density at radius 2 is 1.86 bits per heavy atom. The van der Waals surface area contributed by atoms with Gasteiger partial charge in [0.2, 0.25) is 11.8 Å². The van der Waals surface area contributed by atoms with Gasteiger partial charge in [-0.05, 0) is 43.9 Å². The maximum absolute atomic E-state index is 14.0. The molecule has 0 bridgehead atoms. The van der Waals surface area contributed by atoms with E-state index in [1.807, 2.05) is 18.2 Å². The molecule has 2 aliphatic rings. The van der Waals surface area contributed by atoms with Crippen molar-refractivity contribution in [3.63, 3.8) is 0 Å². The highest BCUT2D eigenvalue weighted by Gasteiger charge is 2.52. The molecule has 1 aromatic carbocycles. The van der Waals surface area contributed by atoms with Gasteiger partial charge in [0.1, 0.15) is 5.54 Å². The van der Waals surface area contributed by atoms with Gasteiger partial charge in [-0.25, -0.2) is 8.78 Å². The maximum atomic E-state index is 14.0. The van der Waals surface area contributed by atoms with Gasteiger partial charge in [-0.15, -0.1) is 0 Å². The van der Waals surface area contributed by atoms with Crippen molar-refractivity contribution >= 4 is 11.8 Å². The summed E-state index contributed by atoms with van der Waals surface area (Å²) in [6, 6.07) is 9.41. The Morgan fingerprint density at radius 1 is 1.07 bits per heavy atom. The smallest absolute Gasteiger partial charge is 0.248 e. The Labute approximate surface area is 168 Å². The number of halogens is 2. The third kappa shape index (κ3) is 3.61. The van der Waals surface area contributed by atoms with Crippen LogP contribution in [0.2, 0.25) is 0 Å². The van der Waals surface area contributed by atoms with Crippen LogP contribution >= 0.6 is 0 Å². The van der Waals surface area contributed by atoms with E-state index in [1.165, 1.54) is 12.1 Å². The van der Waals surface area contributed by atoms with E-state index in [9.17, 15) is 18.4 Å². The van der Waals surface area contributed by atoms with E-state index >= 15 is 0 Å². The van der Waals surface area contributed by atoms with Crippen LogP contribution in [0.5, 0.6) is 0 Å². The van der Waals surface area contributed by atoms with Crippen LogP contribution in [0.1, 0.15) is 36.9 Å². The second-order valence-electron chi connectivity index (χ2n) is 7.72. The first-order valence-corrected chi connectivity index (χ1v) is 9.94. The minimum Gasteiger partial charge on any atom is -0.335 e. The Balaban J connectivity index is 1.54. The van der Waals surface area contributed by atoms with Crippen LogP contribution in [0.15, 0.2) is 42.6 Å². The number of amides is 2. The first-order chi connectivity index (χ1) is 14.0. The molecule has 0 radical (unpaired) electrons. The first kappa shape index (κ1) is 19.5. The van der Waals surface area contributed by atoms with Crippen molar-refractivity contribution in [3.05, 3.63) is 65.5 Å². The predicted octanol–water partition coefficient (Wildman–Crippen LogP) is 3.09. The standard InChI is InChI=1S/C22H23F2N3O2/c23-18-8-3-6-16(20(18)24)14-19(28)27-13-5-10-22(27)9-4-12-26(21(22)29)15-17-7-1-2-11-25-17/h1-3,6-8,11H,4-5,9-10,12-15H2. The van der Waals surface area contributed by atoms with Crippen molar-refractivity contribution in [1.29, 1.82) is 0 Å². The summed E-state index contributed by atoms with van der Waals surface area (Å²) in [5, 5.41) is 0. The minimum atomic E-state index is -0.999. The molecule has 7 heteroatoms. The van der Waals surface area contributed by atoms with Crippen molar-refractivity contribution in [2.24, 2.45) is 0 Å². The number of likely N-dealkylation sites (tertiary alicyclic amines) is 2. The lowest BCUT2D eigenvalue weighted by atomic mass is 9.85. The molecule has 2 aromatic rings. The molecule has 3 heterocycles. The Morgan fingerprint density at radius 3 is 2.62 bits per heavy atom. The molecule has 0 aliphatic carbocycles. The summed E-state index contributed by atoms with van der Waals surface area (Å²) in [6.07, 6.45) is 4.15. The fourth-order valence-electron chi connectivity index (χ4n) is 4.57. The molecule has 29 heavy (non-hydrogen) atoms. The number of carbonyl (C=O) groups excluding carboxylic acids is 2. The molecule has 2 fully saturated rings. The molecule has 4 rings (SSSR count). The van der Waals surface area contributed by atoms with Gasteiger partial charge in [-0.3, -0.25) is 14.6 Å². The van der Waals surface area contributed by atoms with Gasteiger partial charge in [-0.2, -0.15) is 0 Å². The largest absolute Gasteiger partial charge is 0.335 e. The molecular weight excluding hydrogens is 376 g/mol. The number of nitrogens with zero attached hydrogens (tertiary/aromatic N) is 3. The average molecular weight is 399 g/mol. The van der Waals surface area contributed by atoms with Crippen molar-refractivity contribution in [3.8, 4) is 0 Å². The Kier molecular flexibility index (Phi) is 5.30. The van der Waals surface area contributed by atoms with Crippen LogP contribution in [0.4, 0.5) is 8.78 Å². The fraction of sp³-hybridized carbons (Fsp3) is 0.409. The number of carbonyl (C=O) groups is 2. The van der Waals surface area contributed by atoms with Gasteiger partial charge in [-0.1, -0.05) is 18.2 Å². The van der Waals surface area contributed by atoms with Crippen molar-refractivity contribution in [2.75, 3.05) is 13.1 Å². The fourth-order valence-corrected chi connectivity index (χ4v) is 4.57. The van der Waals surface area contributed by atoms with Crippen LogP contribution in [0, 0.1) is 11.6 Å². The monoisotopic (exact) mass is 399 g/mol. The highest BCUT2D eigenvalue weighted by molar-refractivity contribution is 5.93. The summed E-state index contributed by atoms with van der Waals surface area (Å²) in [5.41, 5.74) is -0.0604. The molecule has 1 spiro atoms. The van der Waals surface area contributed by atoms with E-state index in [-0.39, 0.29) is 23.8 Å². The van der Waals surface area contributed by atoms with Gasteiger partial charge in [0.15, 0.2) is 11.6 Å². The lowest BCUT2D eigenvalue weighted by Crippen LogP contribution is -2.61. The topological polar surface area (TPSA) is 53.5 Å². The Hall–Kier alpha value is -2.83. The third-order valence-electron chi connectivity index (χ3n) is 5.95. The molecular formula is C22H23F2N3O2. The SMILES string of the molecule is O=C(Cc1cccc(F)c1F)N1CCCC12CCCN(Cc1ccccn1)C2=O. The zero-order valence-corrected chi connectivity index (χ0v) is 16.1. The molecule has 1 atom stereocenters. The second-order valence-corrected chi connectivity index (χ2v) is 7.72. The molecule has 152 valence electrons. The molecule has 2 saturated heterocycles. The molecule has 2 aliphatic heterocycles. The zero-order chi connectivity index (χ0) is 20.4. The average Bonchev–Trinajstić information content (AvgIpc) is 3.14. The normalized spacial score (nSPS) is 21.8. The number of hydrogen-bond acceptors (Lipinski definition) is 3. The summed E-state index contributed by atoms with van der Waals surface area (Å²) < 4.78 is 27.5. The van der Waals surface area contributed by atoms with Crippen LogP contribution in [-0.2, 0) is 22.6 Å². The summed E-state index contributed by atoms with van der Waals surface area (Å²) in [4.78, 5) is 34.1.